The molecule has 1 amide bonds. The largest absolute Gasteiger partial charge is 0.435 e. The van der Waals surface area contributed by atoms with E-state index in [1.165, 1.54) is 0 Å². The van der Waals surface area contributed by atoms with Crippen LogP contribution in [0.25, 0.3) is 44.6 Å². The Labute approximate surface area is 319 Å². The first-order valence-electron chi connectivity index (χ1n) is 19.3. The molecule has 55 heavy (non-hydrogen) atoms. The zero-order valence-electron chi connectivity index (χ0n) is 31.0. The van der Waals surface area contributed by atoms with Crippen LogP contribution in [0.3, 0.4) is 0 Å². The van der Waals surface area contributed by atoms with Gasteiger partial charge < -0.3 is 20.2 Å². The highest BCUT2D eigenvalue weighted by atomic mass is 16.3. The van der Waals surface area contributed by atoms with Gasteiger partial charge in [0.05, 0.1) is 11.6 Å². The molecule has 1 spiro atoms. The molecule has 11 heteroatoms. The Morgan fingerprint density at radius 2 is 1.85 bits per heavy atom. The number of fused-ring (bicyclic) bond motifs is 3. The molecule has 3 aliphatic heterocycles. The molecule has 3 aromatic heterocycles. The van der Waals surface area contributed by atoms with Crippen LogP contribution in [-0.4, -0.2) is 73.6 Å². The summed E-state index contributed by atoms with van der Waals surface area (Å²) in [6.07, 6.45) is 7.55. The number of rotatable bonds is 7. The molecule has 0 radical (unpaired) electrons. The topological polar surface area (TPSA) is 143 Å². The number of nitriles is 1. The molecular weight excluding hydrogens is 689 g/mol. The first-order chi connectivity index (χ1) is 26.8. The minimum absolute atomic E-state index is 0.0894. The Morgan fingerprint density at radius 3 is 2.64 bits per heavy atom. The molecule has 6 heterocycles. The molecule has 3 fully saturated rings. The fourth-order valence-corrected chi connectivity index (χ4v) is 9.55. The van der Waals surface area contributed by atoms with E-state index in [1.807, 2.05) is 30.6 Å². The number of nitrogens with zero attached hydrogens (tertiary/aromatic N) is 6. The van der Waals surface area contributed by atoms with Crippen molar-refractivity contribution in [3.8, 4) is 28.7 Å². The van der Waals surface area contributed by atoms with Crippen molar-refractivity contribution in [1.29, 1.82) is 5.26 Å². The number of β-amino-alcohol motifs (C(OH)–C–C–N with tert-alkyl or cyclic N) is 1. The quantitative estimate of drug-likeness (QED) is 0.160. The Balaban J connectivity index is 0.937. The molecule has 3 aromatic carbocycles. The molecule has 276 valence electrons. The fourth-order valence-electron chi connectivity index (χ4n) is 9.55. The molecule has 3 saturated heterocycles. The van der Waals surface area contributed by atoms with Crippen LogP contribution in [0.4, 0.5) is 11.5 Å². The zero-order chi connectivity index (χ0) is 37.4. The van der Waals surface area contributed by atoms with E-state index < -0.39 is 0 Å². The van der Waals surface area contributed by atoms with Gasteiger partial charge in [0, 0.05) is 74.2 Å². The summed E-state index contributed by atoms with van der Waals surface area (Å²) in [7, 11) is 0. The number of amides is 1. The van der Waals surface area contributed by atoms with E-state index in [4.69, 9.17) is 14.4 Å². The third-order valence-corrected chi connectivity index (χ3v) is 12.4. The Kier molecular flexibility index (Phi) is 7.99. The van der Waals surface area contributed by atoms with Crippen molar-refractivity contribution in [3.05, 3.63) is 100 Å². The number of likely N-dealkylation sites (tertiary alicyclic amines) is 2. The molecule has 0 saturated carbocycles. The second kappa shape index (κ2) is 13.0. The third-order valence-electron chi connectivity index (χ3n) is 12.4. The second-order valence-electron chi connectivity index (χ2n) is 15.9. The molecule has 1 aliphatic carbocycles. The molecule has 10 rings (SSSR count). The standard InChI is InChI=1S/C44H42N8O3/c1-25-30(31-6-4-8-36(26(31)2)48-42-40-28(12-15-46-42)17-27(20-47-40)21-51-16-13-29(53)22-51)5-3-7-32(25)43-49-37-18-34-33(35(19-45)41(37)55-43)9-10-38(34)52-23-44(24-52)14-11-39(54)50-44/h3-8,12,15,17-18,20,29,38,53H,9-11,13-14,16,21-24H2,1-2H3,(H,46,48)(H,50,54)/t29-,38-/m1/s1. The maximum absolute atomic E-state index is 11.9. The van der Waals surface area contributed by atoms with E-state index in [-0.39, 0.29) is 23.6 Å². The predicted octanol–water partition coefficient (Wildman–Crippen LogP) is 6.86. The van der Waals surface area contributed by atoms with Gasteiger partial charge in [0.15, 0.2) is 11.4 Å². The van der Waals surface area contributed by atoms with Crippen molar-refractivity contribution in [3.63, 3.8) is 0 Å². The third kappa shape index (κ3) is 5.75. The van der Waals surface area contributed by atoms with Crippen molar-refractivity contribution in [2.45, 2.75) is 70.2 Å². The number of nitrogens with one attached hydrogen (secondary N) is 2. The maximum Gasteiger partial charge on any atom is 0.227 e. The number of hydrogen-bond acceptors (Lipinski definition) is 10. The van der Waals surface area contributed by atoms with Gasteiger partial charge in [0.2, 0.25) is 11.8 Å². The van der Waals surface area contributed by atoms with E-state index in [0.29, 0.717) is 41.3 Å². The summed E-state index contributed by atoms with van der Waals surface area (Å²) >= 11 is 0. The summed E-state index contributed by atoms with van der Waals surface area (Å²) in [6, 6.07) is 21.4. The monoisotopic (exact) mass is 730 g/mol. The Bertz CT molecular complexity index is 2580. The molecule has 6 aromatic rings. The van der Waals surface area contributed by atoms with E-state index in [0.717, 1.165) is 113 Å². The lowest BCUT2D eigenvalue weighted by molar-refractivity contribution is -0.121. The molecule has 0 unspecified atom stereocenters. The van der Waals surface area contributed by atoms with Crippen LogP contribution >= 0.6 is 0 Å². The van der Waals surface area contributed by atoms with Crippen LogP contribution in [0.2, 0.25) is 0 Å². The highest BCUT2D eigenvalue weighted by molar-refractivity contribution is 5.91. The number of pyridine rings is 2. The van der Waals surface area contributed by atoms with Gasteiger partial charge in [-0.15, -0.1) is 0 Å². The number of carbonyl (C=O) groups excluding carboxylic acids is 1. The predicted molar refractivity (Wildman–Crippen MR) is 211 cm³/mol. The fraction of sp³-hybridized carbons (Fsp3) is 0.341. The number of hydrogen-bond donors (Lipinski definition) is 3. The van der Waals surface area contributed by atoms with Gasteiger partial charge >= 0.3 is 0 Å². The number of aromatic nitrogens is 3. The van der Waals surface area contributed by atoms with E-state index >= 15 is 0 Å². The molecule has 0 bridgehead atoms. The summed E-state index contributed by atoms with van der Waals surface area (Å²) in [5.41, 5.74) is 11.9. The van der Waals surface area contributed by atoms with Crippen molar-refractivity contribution in [2.24, 2.45) is 0 Å². The van der Waals surface area contributed by atoms with Crippen molar-refractivity contribution < 1.29 is 14.3 Å². The number of anilines is 2. The summed E-state index contributed by atoms with van der Waals surface area (Å²) in [5, 5.41) is 28.1. The molecule has 3 N–H and O–H groups in total. The lowest BCUT2D eigenvalue weighted by Crippen LogP contribution is -2.67. The maximum atomic E-state index is 11.9. The lowest BCUT2D eigenvalue weighted by atomic mass is 9.85. The van der Waals surface area contributed by atoms with Crippen LogP contribution < -0.4 is 10.6 Å². The number of oxazole rings is 1. The van der Waals surface area contributed by atoms with E-state index in [9.17, 15) is 15.2 Å². The van der Waals surface area contributed by atoms with Crippen LogP contribution in [0.1, 0.15) is 65.1 Å². The van der Waals surface area contributed by atoms with Gasteiger partial charge in [0.25, 0.3) is 0 Å². The van der Waals surface area contributed by atoms with Crippen molar-refractivity contribution in [1.82, 2.24) is 30.1 Å². The summed E-state index contributed by atoms with van der Waals surface area (Å²) in [4.78, 5) is 31.2. The smallest absolute Gasteiger partial charge is 0.227 e. The van der Waals surface area contributed by atoms with Gasteiger partial charge in [0.1, 0.15) is 22.7 Å². The van der Waals surface area contributed by atoms with Crippen LogP contribution in [0.5, 0.6) is 0 Å². The van der Waals surface area contributed by atoms with Gasteiger partial charge in [-0.3, -0.25) is 19.6 Å². The molecule has 2 atom stereocenters. The van der Waals surface area contributed by atoms with Gasteiger partial charge in [-0.25, -0.2) is 9.97 Å². The number of aliphatic hydroxyl groups excluding tert-OH is 1. The Hall–Kier alpha value is -5.67. The normalized spacial score (nSPS) is 20.6. The first-order valence-corrected chi connectivity index (χ1v) is 19.3. The van der Waals surface area contributed by atoms with E-state index in [1.54, 1.807) is 0 Å². The van der Waals surface area contributed by atoms with Crippen LogP contribution in [-0.2, 0) is 17.8 Å². The first kappa shape index (κ1) is 33.9. The lowest BCUT2D eigenvalue weighted by Gasteiger charge is -2.50. The van der Waals surface area contributed by atoms with Crippen molar-refractivity contribution >= 4 is 39.4 Å². The average Bonchev–Trinajstić information content (AvgIpc) is 3.97. The summed E-state index contributed by atoms with van der Waals surface area (Å²) in [6.45, 7) is 8.25. The van der Waals surface area contributed by atoms with Gasteiger partial charge in [-0.2, -0.15) is 5.26 Å². The SMILES string of the molecule is Cc1c(Nc2nccc3cc(CN4CC[C@@H](O)C4)cnc23)cccc1-c1cccc(-c2nc3cc4c(c(C#N)c3o2)CC[C@H]4N2CC3(CCC(=O)N3)C2)c1C. The number of aliphatic hydroxyl groups is 1. The molecule has 4 aliphatic rings. The number of benzene rings is 3. The second-order valence-corrected chi connectivity index (χ2v) is 15.9. The highest BCUT2D eigenvalue weighted by Crippen LogP contribution is 2.46. The average molecular weight is 731 g/mol. The Morgan fingerprint density at radius 1 is 1.04 bits per heavy atom. The summed E-state index contributed by atoms with van der Waals surface area (Å²) < 4.78 is 6.48. The van der Waals surface area contributed by atoms with Crippen LogP contribution in [0, 0.1) is 25.2 Å². The minimum Gasteiger partial charge on any atom is -0.435 e. The van der Waals surface area contributed by atoms with Crippen molar-refractivity contribution in [2.75, 3.05) is 31.5 Å². The van der Waals surface area contributed by atoms with Gasteiger partial charge in [-0.05, 0) is 109 Å². The zero-order valence-corrected chi connectivity index (χ0v) is 31.0. The molecular formula is C44H42N8O3. The molecule has 11 nitrogen and oxygen atoms in total. The summed E-state index contributed by atoms with van der Waals surface area (Å²) in [5.74, 6) is 1.34. The van der Waals surface area contributed by atoms with Gasteiger partial charge in [-0.1, -0.05) is 24.3 Å². The number of carbonyl (C=O) groups is 1. The van der Waals surface area contributed by atoms with Crippen LogP contribution in [0.15, 0.2) is 71.4 Å². The highest BCUT2D eigenvalue weighted by Gasteiger charge is 2.50. The van der Waals surface area contributed by atoms with E-state index in [2.05, 4.69) is 81.7 Å². The minimum atomic E-state index is -0.248.